The van der Waals surface area contributed by atoms with Crippen molar-refractivity contribution in [2.45, 2.75) is 12.8 Å². The highest BCUT2D eigenvalue weighted by Gasteiger charge is 2.08. The van der Waals surface area contributed by atoms with Gasteiger partial charge < -0.3 is 9.47 Å². The van der Waals surface area contributed by atoms with Gasteiger partial charge in [0.05, 0.1) is 23.7 Å². The molecule has 1 aromatic carbocycles. The minimum absolute atomic E-state index is 0.237. The van der Waals surface area contributed by atoms with Crippen LogP contribution < -0.4 is 9.47 Å². The smallest absolute Gasteiger partial charge is 0.219 e. The van der Waals surface area contributed by atoms with Crippen LogP contribution in [0.25, 0.3) is 0 Å². The fraction of sp³-hybridized carbons (Fsp3) is 0.214. The Labute approximate surface area is 122 Å². The van der Waals surface area contributed by atoms with Crippen LogP contribution in [0.2, 0.25) is 5.02 Å². The molecule has 0 aliphatic heterocycles. The lowest BCUT2D eigenvalue weighted by Gasteiger charge is -2.11. The van der Waals surface area contributed by atoms with Crippen LogP contribution in [0, 0.1) is 6.92 Å². The maximum Gasteiger partial charge on any atom is 0.219 e. The molecular weight excluding hydrogens is 285 g/mol. The minimum atomic E-state index is 0.237. The van der Waals surface area contributed by atoms with Crippen LogP contribution in [0.3, 0.4) is 0 Å². The Morgan fingerprint density at radius 2 is 1.95 bits per heavy atom. The van der Waals surface area contributed by atoms with E-state index in [1.54, 1.807) is 19.2 Å². The Balaban J connectivity index is 2.30. The molecule has 0 saturated heterocycles. The van der Waals surface area contributed by atoms with E-state index in [-0.39, 0.29) is 5.88 Å². The monoisotopic (exact) mass is 297 g/mol. The van der Waals surface area contributed by atoms with E-state index >= 15 is 0 Å². The van der Waals surface area contributed by atoms with Crippen LogP contribution in [0.15, 0.2) is 30.3 Å². The number of alkyl halides is 1. The van der Waals surface area contributed by atoms with Crippen molar-refractivity contribution in [3.8, 4) is 17.4 Å². The maximum atomic E-state index is 5.95. The van der Waals surface area contributed by atoms with Crippen LogP contribution >= 0.6 is 23.2 Å². The standard InChI is InChI=1S/C14H13Cl2NO2/c1-9-3-5-12(13(7-9)18-2)19-14-6-4-10(16)11(8-15)17-14/h3-7H,8H2,1-2H3. The van der Waals surface area contributed by atoms with Gasteiger partial charge in [0.15, 0.2) is 11.5 Å². The van der Waals surface area contributed by atoms with Crippen LogP contribution in [-0.4, -0.2) is 12.1 Å². The molecule has 0 amide bonds. The summed E-state index contributed by atoms with van der Waals surface area (Å²) in [6.45, 7) is 1.98. The van der Waals surface area contributed by atoms with Gasteiger partial charge >= 0.3 is 0 Å². The van der Waals surface area contributed by atoms with Crippen LogP contribution in [0.5, 0.6) is 17.4 Å². The molecule has 1 heterocycles. The number of hydrogen-bond acceptors (Lipinski definition) is 3. The second-order valence-electron chi connectivity index (χ2n) is 3.97. The Morgan fingerprint density at radius 1 is 1.16 bits per heavy atom. The molecule has 0 atom stereocenters. The lowest BCUT2D eigenvalue weighted by Crippen LogP contribution is -1.95. The predicted octanol–water partition coefficient (Wildman–Crippen LogP) is 4.58. The van der Waals surface area contributed by atoms with Gasteiger partial charge in [-0.1, -0.05) is 17.7 Å². The van der Waals surface area contributed by atoms with Gasteiger partial charge in [0, 0.05) is 6.07 Å². The molecule has 1 aromatic heterocycles. The number of methoxy groups -OCH3 is 1. The Morgan fingerprint density at radius 3 is 2.63 bits per heavy atom. The predicted molar refractivity (Wildman–Crippen MR) is 76.6 cm³/mol. The maximum absolute atomic E-state index is 5.95. The summed E-state index contributed by atoms with van der Waals surface area (Å²) >= 11 is 11.7. The van der Waals surface area contributed by atoms with Gasteiger partial charge in [0.25, 0.3) is 0 Å². The van der Waals surface area contributed by atoms with E-state index in [0.29, 0.717) is 28.1 Å². The number of aryl methyl sites for hydroxylation is 1. The number of benzene rings is 1. The van der Waals surface area contributed by atoms with Gasteiger partial charge in [0.2, 0.25) is 5.88 Å². The number of nitrogens with zero attached hydrogens (tertiary/aromatic N) is 1. The summed E-state index contributed by atoms with van der Waals surface area (Å²) in [4.78, 5) is 4.24. The van der Waals surface area contributed by atoms with Gasteiger partial charge in [-0.2, -0.15) is 0 Å². The Hall–Kier alpha value is -1.45. The first-order chi connectivity index (χ1) is 9.13. The summed E-state index contributed by atoms with van der Waals surface area (Å²) in [5.74, 6) is 1.93. The van der Waals surface area contributed by atoms with E-state index in [1.165, 1.54) is 0 Å². The van der Waals surface area contributed by atoms with Crippen molar-refractivity contribution in [2.75, 3.05) is 7.11 Å². The summed E-state index contributed by atoms with van der Waals surface area (Å²) in [6.07, 6.45) is 0. The molecular formula is C14H13Cl2NO2. The quantitative estimate of drug-likeness (QED) is 0.774. The third kappa shape index (κ3) is 3.31. The fourth-order valence-corrected chi connectivity index (χ4v) is 2.03. The SMILES string of the molecule is COc1cc(C)ccc1Oc1ccc(Cl)c(CCl)n1. The van der Waals surface area contributed by atoms with Crippen LogP contribution in [0.1, 0.15) is 11.3 Å². The van der Waals surface area contributed by atoms with Crippen molar-refractivity contribution in [3.63, 3.8) is 0 Å². The molecule has 0 bridgehead atoms. The minimum Gasteiger partial charge on any atom is -0.493 e. The lowest BCUT2D eigenvalue weighted by atomic mass is 10.2. The van der Waals surface area contributed by atoms with E-state index in [0.717, 1.165) is 5.56 Å². The number of hydrogen-bond donors (Lipinski definition) is 0. The van der Waals surface area contributed by atoms with Crippen molar-refractivity contribution < 1.29 is 9.47 Å². The van der Waals surface area contributed by atoms with E-state index in [9.17, 15) is 0 Å². The third-order valence-electron chi connectivity index (χ3n) is 2.55. The number of aromatic nitrogens is 1. The molecule has 0 N–H and O–H groups in total. The number of rotatable bonds is 4. The molecule has 0 saturated carbocycles. The summed E-state index contributed by atoms with van der Waals surface area (Å²) in [6, 6.07) is 9.08. The average molecular weight is 298 g/mol. The van der Waals surface area contributed by atoms with Crippen molar-refractivity contribution >= 4 is 23.2 Å². The Bertz CT molecular complexity index is 588. The highest BCUT2D eigenvalue weighted by Crippen LogP contribution is 2.32. The average Bonchev–Trinajstić information content (AvgIpc) is 2.42. The number of ether oxygens (including phenoxy) is 2. The van der Waals surface area contributed by atoms with Gasteiger partial charge in [-0.25, -0.2) is 4.98 Å². The van der Waals surface area contributed by atoms with Crippen LogP contribution in [-0.2, 0) is 5.88 Å². The van der Waals surface area contributed by atoms with Gasteiger partial charge in [0.1, 0.15) is 0 Å². The molecule has 2 rings (SSSR count). The van der Waals surface area contributed by atoms with Crippen LogP contribution in [0.4, 0.5) is 0 Å². The zero-order valence-electron chi connectivity index (χ0n) is 10.6. The molecule has 0 fully saturated rings. The summed E-state index contributed by atoms with van der Waals surface area (Å²) in [7, 11) is 1.60. The zero-order valence-corrected chi connectivity index (χ0v) is 12.1. The summed E-state index contributed by atoms with van der Waals surface area (Å²) in [5.41, 5.74) is 1.68. The van der Waals surface area contributed by atoms with E-state index in [2.05, 4.69) is 4.98 Å². The van der Waals surface area contributed by atoms with Gasteiger partial charge in [-0.15, -0.1) is 11.6 Å². The third-order valence-corrected chi connectivity index (χ3v) is 3.15. The van der Waals surface area contributed by atoms with Gasteiger partial charge in [-0.3, -0.25) is 0 Å². The summed E-state index contributed by atoms with van der Waals surface area (Å²) < 4.78 is 11.0. The Kier molecular flexibility index (Phi) is 4.51. The number of pyridine rings is 1. The first kappa shape index (κ1) is 14.0. The second-order valence-corrected chi connectivity index (χ2v) is 4.64. The molecule has 5 heteroatoms. The molecule has 19 heavy (non-hydrogen) atoms. The number of halogens is 2. The molecule has 0 radical (unpaired) electrons. The molecule has 0 unspecified atom stereocenters. The largest absolute Gasteiger partial charge is 0.493 e. The van der Waals surface area contributed by atoms with E-state index in [1.807, 2.05) is 25.1 Å². The van der Waals surface area contributed by atoms with Gasteiger partial charge in [-0.05, 0) is 30.7 Å². The lowest BCUT2D eigenvalue weighted by molar-refractivity contribution is 0.373. The van der Waals surface area contributed by atoms with E-state index < -0.39 is 0 Å². The first-order valence-electron chi connectivity index (χ1n) is 5.68. The zero-order chi connectivity index (χ0) is 13.8. The highest BCUT2D eigenvalue weighted by atomic mass is 35.5. The van der Waals surface area contributed by atoms with Crippen molar-refractivity contribution in [3.05, 3.63) is 46.6 Å². The molecule has 3 nitrogen and oxygen atoms in total. The molecule has 0 spiro atoms. The van der Waals surface area contributed by atoms with Crippen molar-refractivity contribution in [1.82, 2.24) is 4.98 Å². The van der Waals surface area contributed by atoms with E-state index in [4.69, 9.17) is 32.7 Å². The molecule has 2 aromatic rings. The van der Waals surface area contributed by atoms with Crippen molar-refractivity contribution in [2.24, 2.45) is 0 Å². The normalized spacial score (nSPS) is 10.3. The highest BCUT2D eigenvalue weighted by molar-refractivity contribution is 6.32. The molecule has 100 valence electrons. The molecule has 0 aliphatic rings. The molecule has 0 aliphatic carbocycles. The summed E-state index contributed by atoms with van der Waals surface area (Å²) in [5, 5.41) is 0.526. The topological polar surface area (TPSA) is 31.4 Å². The fourth-order valence-electron chi connectivity index (χ4n) is 1.59. The second kappa shape index (κ2) is 6.13. The van der Waals surface area contributed by atoms with Crippen molar-refractivity contribution in [1.29, 1.82) is 0 Å². The first-order valence-corrected chi connectivity index (χ1v) is 6.59.